The maximum atomic E-state index is 15.1. The first-order valence-electron chi connectivity index (χ1n) is 15.1. The monoisotopic (exact) mass is 573 g/mol. The van der Waals surface area contributed by atoms with Crippen molar-refractivity contribution in [2.45, 2.75) is 71.0 Å². The molecule has 220 valence electrons. The molecule has 1 atom stereocenters. The number of ether oxygens (including phenoxy) is 1. The zero-order valence-electron chi connectivity index (χ0n) is 24.4. The summed E-state index contributed by atoms with van der Waals surface area (Å²) in [6.45, 7) is 9.61. The number of fused-ring (bicyclic) bond motifs is 4. The van der Waals surface area contributed by atoms with Gasteiger partial charge in [-0.05, 0) is 57.9 Å². The van der Waals surface area contributed by atoms with Crippen LogP contribution in [0.15, 0.2) is 36.5 Å². The molecule has 1 saturated carbocycles. The van der Waals surface area contributed by atoms with E-state index in [0.717, 1.165) is 49.0 Å². The molecule has 4 aromatic rings. The Kier molecular flexibility index (Phi) is 6.96. The summed E-state index contributed by atoms with van der Waals surface area (Å²) in [6.07, 6.45) is 7.81. The zero-order valence-corrected chi connectivity index (χ0v) is 24.4. The Morgan fingerprint density at radius 3 is 2.62 bits per heavy atom. The molecule has 0 amide bonds. The van der Waals surface area contributed by atoms with Crippen LogP contribution in [0.2, 0.25) is 0 Å². The van der Waals surface area contributed by atoms with Crippen molar-refractivity contribution in [3.8, 4) is 17.0 Å². The Hall–Kier alpha value is -3.79. The van der Waals surface area contributed by atoms with Gasteiger partial charge in [0.15, 0.2) is 11.6 Å². The Morgan fingerprint density at radius 1 is 0.976 bits per heavy atom. The Balaban J connectivity index is 1.12. The van der Waals surface area contributed by atoms with Crippen molar-refractivity contribution in [2.24, 2.45) is 0 Å². The molecule has 2 aromatic heterocycles. The Labute approximate surface area is 244 Å². The second-order valence-electron chi connectivity index (χ2n) is 12.1. The van der Waals surface area contributed by atoms with E-state index >= 15 is 4.39 Å². The maximum absolute atomic E-state index is 15.1. The average Bonchev–Trinajstić information content (AvgIpc) is 3.34. The molecule has 42 heavy (non-hydrogen) atoms. The summed E-state index contributed by atoms with van der Waals surface area (Å²) in [5.74, 6) is 0.597. The average molecular weight is 574 g/mol. The third kappa shape index (κ3) is 4.85. The third-order valence-electron chi connectivity index (χ3n) is 9.02. The lowest BCUT2D eigenvalue weighted by Gasteiger charge is -2.48. The maximum Gasteiger partial charge on any atom is 0.227 e. The lowest BCUT2D eigenvalue weighted by molar-refractivity contribution is 0.106. The van der Waals surface area contributed by atoms with Crippen molar-refractivity contribution < 1.29 is 13.5 Å². The molecule has 0 radical (unpaired) electrons. The van der Waals surface area contributed by atoms with E-state index in [9.17, 15) is 4.39 Å². The number of anilines is 3. The molecule has 2 fully saturated rings. The number of aromatic nitrogens is 4. The number of hydrogen-bond donors (Lipinski definition) is 1. The van der Waals surface area contributed by atoms with Crippen molar-refractivity contribution >= 4 is 28.4 Å². The van der Waals surface area contributed by atoms with Crippen LogP contribution in [0, 0.1) is 18.6 Å². The largest absolute Gasteiger partial charge is 0.489 e. The summed E-state index contributed by atoms with van der Waals surface area (Å²) < 4.78 is 38.3. The van der Waals surface area contributed by atoms with Gasteiger partial charge in [0, 0.05) is 49.0 Å². The normalized spacial score (nSPS) is 19.6. The highest BCUT2D eigenvalue weighted by atomic mass is 19.1. The molecule has 7 rings (SSSR count). The van der Waals surface area contributed by atoms with Crippen molar-refractivity contribution in [1.29, 1.82) is 0 Å². The van der Waals surface area contributed by atoms with Gasteiger partial charge in [-0.2, -0.15) is 0 Å². The van der Waals surface area contributed by atoms with E-state index in [2.05, 4.69) is 36.1 Å². The first-order chi connectivity index (χ1) is 20.4. The number of rotatable bonds is 5. The van der Waals surface area contributed by atoms with Crippen LogP contribution in [0.1, 0.15) is 57.8 Å². The van der Waals surface area contributed by atoms with E-state index in [4.69, 9.17) is 4.74 Å². The van der Waals surface area contributed by atoms with Gasteiger partial charge in [-0.15, -0.1) is 0 Å². The van der Waals surface area contributed by atoms with Gasteiger partial charge < -0.3 is 19.5 Å². The molecule has 3 aliphatic rings. The number of imidazole rings is 1. The summed E-state index contributed by atoms with van der Waals surface area (Å²) in [5, 5.41) is 3.19. The number of halogens is 2. The molecule has 4 heterocycles. The molecular weight excluding hydrogens is 536 g/mol. The number of benzene rings is 2. The summed E-state index contributed by atoms with van der Waals surface area (Å²) in [4.78, 5) is 18.1. The van der Waals surface area contributed by atoms with Crippen molar-refractivity contribution in [2.75, 3.05) is 36.5 Å². The predicted octanol–water partition coefficient (Wildman–Crippen LogP) is 6.62. The van der Waals surface area contributed by atoms with E-state index in [1.54, 1.807) is 6.07 Å². The number of piperazine rings is 1. The second-order valence-corrected chi connectivity index (χ2v) is 12.1. The minimum absolute atomic E-state index is 0.0235. The molecule has 2 aliphatic heterocycles. The topological polar surface area (TPSA) is 71.3 Å². The minimum atomic E-state index is -0.626. The molecule has 8 nitrogen and oxygen atoms in total. The van der Waals surface area contributed by atoms with Gasteiger partial charge >= 0.3 is 0 Å². The smallest absolute Gasteiger partial charge is 0.227 e. The van der Waals surface area contributed by atoms with Crippen LogP contribution in [-0.2, 0) is 0 Å². The van der Waals surface area contributed by atoms with Gasteiger partial charge in [-0.1, -0.05) is 19.3 Å². The van der Waals surface area contributed by atoms with E-state index in [-0.39, 0.29) is 23.2 Å². The molecule has 0 spiro atoms. The van der Waals surface area contributed by atoms with Crippen LogP contribution in [0.3, 0.4) is 0 Å². The van der Waals surface area contributed by atoms with E-state index < -0.39 is 11.6 Å². The van der Waals surface area contributed by atoms with Crippen LogP contribution in [-0.4, -0.2) is 62.7 Å². The lowest BCUT2D eigenvalue weighted by atomic mass is 9.93. The molecule has 1 N–H and O–H groups in total. The van der Waals surface area contributed by atoms with Gasteiger partial charge in [-0.3, -0.25) is 4.90 Å². The molecule has 0 bridgehead atoms. The standard InChI is InChI=1S/C32H37F2N7O/c1-19(2)41-20(3)36-31-25(33)13-21(14-28(31)41)30-26(34)16-35-32(38-30)37-22-9-10-27-29(15-22)42-18-24-17-39(11-12-40(24)27)23-7-5-4-6-8-23/h9-10,13-16,19,23-24H,4-8,11-12,17-18H2,1-3H3,(H,35,37,38)/t24-/m0/s1. The highest BCUT2D eigenvalue weighted by Crippen LogP contribution is 2.39. The Bertz CT molecular complexity index is 1630. The zero-order chi connectivity index (χ0) is 29.0. The lowest BCUT2D eigenvalue weighted by Crippen LogP contribution is -2.59. The molecule has 1 aliphatic carbocycles. The second kappa shape index (κ2) is 10.8. The summed E-state index contributed by atoms with van der Waals surface area (Å²) in [6, 6.07) is 10.2. The number of aryl methyl sites for hydroxylation is 1. The van der Waals surface area contributed by atoms with Crippen LogP contribution >= 0.6 is 0 Å². The van der Waals surface area contributed by atoms with Gasteiger partial charge in [0.1, 0.15) is 29.4 Å². The number of nitrogens with zero attached hydrogens (tertiary/aromatic N) is 6. The SMILES string of the molecule is Cc1nc2c(F)cc(-c3nc(Nc4ccc5c(c4)OC[C@@H]4CN(C6CCCCC6)CCN54)ncc3F)cc2n1C(C)C. The highest BCUT2D eigenvalue weighted by Gasteiger charge is 2.35. The molecule has 1 saturated heterocycles. The van der Waals surface area contributed by atoms with Crippen molar-refractivity contribution in [3.05, 3.63) is 54.0 Å². The van der Waals surface area contributed by atoms with Crippen LogP contribution in [0.25, 0.3) is 22.3 Å². The minimum Gasteiger partial charge on any atom is -0.489 e. The van der Waals surface area contributed by atoms with Gasteiger partial charge in [0.25, 0.3) is 0 Å². The first kappa shape index (κ1) is 27.1. The van der Waals surface area contributed by atoms with Gasteiger partial charge in [0.2, 0.25) is 5.95 Å². The fourth-order valence-electron chi connectivity index (χ4n) is 7.06. The highest BCUT2D eigenvalue weighted by molar-refractivity contribution is 5.83. The van der Waals surface area contributed by atoms with E-state index in [1.165, 1.54) is 38.2 Å². The number of hydrogen-bond acceptors (Lipinski definition) is 7. The van der Waals surface area contributed by atoms with E-state index in [1.807, 2.05) is 37.5 Å². The summed E-state index contributed by atoms with van der Waals surface area (Å²) in [5.41, 5.74) is 3.06. The quantitative estimate of drug-likeness (QED) is 0.288. The van der Waals surface area contributed by atoms with Crippen molar-refractivity contribution in [1.82, 2.24) is 24.4 Å². The fraction of sp³-hybridized carbons (Fsp3) is 0.469. The van der Waals surface area contributed by atoms with Crippen LogP contribution in [0.5, 0.6) is 5.75 Å². The molecule has 2 aromatic carbocycles. The van der Waals surface area contributed by atoms with Gasteiger partial charge in [-0.25, -0.2) is 23.7 Å². The predicted molar refractivity (Wildman–Crippen MR) is 161 cm³/mol. The fourth-order valence-corrected chi connectivity index (χ4v) is 7.06. The van der Waals surface area contributed by atoms with Crippen molar-refractivity contribution in [3.63, 3.8) is 0 Å². The van der Waals surface area contributed by atoms with Crippen LogP contribution < -0.4 is 15.0 Å². The molecule has 10 heteroatoms. The third-order valence-corrected chi connectivity index (χ3v) is 9.02. The van der Waals surface area contributed by atoms with Crippen LogP contribution in [0.4, 0.5) is 26.1 Å². The number of nitrogens with one attached hydrogen (secondary N) is 1. The summed E-state index contributed by atoms with van der Waals surface area (Å²) >= 11 is 0. The van der Waals surface area contributed by atoms with Gasteiger partial charge in [0.05, 0.1) is 23.4 Å². The summed E-state index contributed by atoms with van der Waals surface area (Å²) in [7, 11) is 0. The Morgan fingerprint density at radius 2 is 1.81 bits per heavy atom. The molecule has 0 unspecified atom stereocenters. The first-order valence-corrected chi connectivity index (χ1v) is 15.1. The molecular formula is C32H37F2N7O. The van der Waals surface area contributed by atoms with E-state index in [0.29, 0.717) is 29.6 Å².